The van der Waals surface area contributed by atoms with Gasteiger partial charge in [0, 0.05) is 56.9 Å². The number of aromatic nitrogens is 7. The molecule has 8 heteroatoms. The molecule has 4 aromatic rings. The van der Waals surface area contributed by atoms with Gasteiger partial charge < -0.3 is 9.88 Å². The number of nitrogens with zero attached hydrogens (tertiary/aromatic N) is 7. The van der Waals surface area contributed by atoms with E-state index in [4.69, 9.17) is 4.98 Å². The van der Waals surface area contributed by atoms with Crippen LogP contribution in [0.5, 0.6) is 0 Å². The second-order valence-electron chi connectivity index (χ2n) is 6.31. The zero-order valence-corrected chi connectivity index (χ0v) is 15.5. The molecule has 0 bridgehead atoms. The summed E-state index contributed by atoms with van der Waals surface area (Å²) in [6, 6.07) is 3.84. The summed E-state index contributed by atoms with van der Waals surface area (Å²) in [5.74, 6) is 2.56. The summed E-state index contributed by atoms with van der Waals surface area (Å²) in [6.07, 6.45) is 11.1. The summed E-state index contributed by atoms with van der Waals surface area (Å²) in [6.45, 7) is 3.85. The van der Waals surface area contributed by atoms with Crippen LogP contribution in [0.15, 0.2) is 43.1 Å². The fraction of sp³-hybridized carbons (Fsp3) is 0.316. The van der Waals surface area contributed by atoms with Crippen molar-refractivity contribution < 1.29 is 0 Å². The fourth-order valence-corrected chi connectivity index (χ4v) is 3.10. The average Bonchev–Trinajstić information content (AvgIpc) is 3.32. The lowest BCUT2D eigenvalue weighted by molar-refractivity contribution is 0.629. The third kappa shape index (κ3) is 3.51. The minimum absolute atomic E-state index is 0.643. The first-order valence-electron chi connectivity index (χ1n) is 9.10. The Morgan fingerprint density at radius 2 is 2.07 bits per heavy atom. The average molecular weight is 362 g/mol. The number of hydrogen-bond acceptors (Lipinski definition) is 6. The van der Waals surface area contributed by atoms with Crippen molar-refractivity contribution in [1.82, 2.24) is 34.3 Å². The van der Waals surface area contributed by atoms with Crippen molar-refractivity contribution in [3.63, 3.8) is 0 Å². The maximum atomic E-state index is 4.72. The van der Waals surface area contributed by atoms with Crippen LogP contribution in [0.3, 0.4) is 0 Å². The standard InChI is InChI=1S/C19H22N8/c1-3-16-21-9-11-27(16)10-5-8-22-18-15-13-23-26(2)19(15)25-17(24-18)14-6-4-7-20-12-14/h4,6-7,9,11-13H,3,5,8,10H2,1-2H3,(H,22,24,25). The van der Waals surface area contributed by atoms with Gasteiger partial charge in [0.05, 0.1) is 11.6 Å². The molecule has 0 aliphatic rings. The molecular weight excluding hydrogens is 340 g/mol. The van der Waals surface area contributed by atoms with Crippen LogP contribution in [-0.4, -0.2) is 40.8 Å². The van der Waals surface area contributed by atoms with E-state index in [1.54, 1.807) is 23.3 Å². The largest absolute Gasteiger partial charge is 0.369 e. The van der Waals surface area contributed by atoms with Crippen LogP contribution in [0.1, 0.15) is 19.2 Å². The third-order valence-corrected chi connectivity index (χ3v) is 4.50. The summed E-state index contributed by atoms with van der Waals surface area (Å²) < 4.78 is 3.96. The van der Waals surface area contributed by atoms with Gasteiger partial charge in [-0.1, -0.05) is 6.92 Å². The van der Waals surface area contributed by atoms with Crippen LogP contribution < -0.4 is 5.32 Å². The number of anilines is 1. The predicted octanol–water partition coefficient (Wildman–Crippen LogP) is 2.69. The van der Waals surface area contributed by atoms with Gasteiger partial charge >= 0.3 is 0 Å². The zero-order valence-electron chi connectivity index (χ0n) is 15.5. The zero-order chi connectivity index (χ0) is 18.6. The minimum atomic E-state index is 0.643. The summed E-state index contributed by atoms with van der Waals surface area (Å²) in [4.78, 5) is 17.9. The Morgan fingerprint density at radius 1 is 1.15 bits per heavy atom. The number of rotatable bonds is 7. The number of hydrogen-bond donors (Lipinski definition) is 1. The predicted molar refractivity (Wildman–Crippen MR) is 104 cm³/mol. The molecule has 138 valence electrons. The van der Waals surface area contributed by atoms with E-state index in [1.807, 2.05) is 31.6 Å². The lowest BCUT2D eigenvalue weighted by Crippen LogP contribution is -2.10. The molecule has 0 aliphatic heterocycles. The summed E-state index contributed by atoms with van der Waals surface area (Å²) >= 11 is 0. The van der Waals surface area contributed by atoms with Crippen molar-refractivity contribution in [2.24, 2.45) is 7.05 Å². The first kappa shape index (κ1) is 17.1. The Bertz CT molecular complexity index is 1030. The Morgan fingerprint density at radius 3 is 2.89 bits per heavy atom. The normalized spacial score (nSPS) is 11.2. The van der Waals surface area contributed by atoms with Crippen molar-refractivity contribution in [2.45, 2.75) is 26.3 Å². The number of fused-ring (bicyclic) bond motifs is 1. The first-order chi connectivity index (χ1) is 13.3. The van der Waals surface area contributed by atoms with E-state index in [2.05, 4.69) is 36.9 Å². The fourth-order valence-electron chi connectivity index (χ4n) is 3.10. The highest BCUT2D eigenvalue weighted by atomic mass is 15.3. The van der Waals surface area contributed by atoms with Gasteiger partial charge in [-0.05, 0) is 18.6 Å². The van der Waals surface area contributed by atoms with Crippen LogP contribution in [0.25, 0.3) is 22.4 Å². The second kappa shape index (κ2) is 7.53. The van der Waals surface area contributed by atoms with E-state index in [9.17, 15) is 0 Å². The molecule has 8 nitrogen and oxygen atoms in total. The molecule has 1 N–H and O–H groups in total. The Labute approximate surface area is 157 Å². The highest BCUT2D eigenvalue weighted by molar-refractivity contribution is 5.88. The van der Waals surface area contributed by atoms with Gasteiger partial charge in [-0.25, -0.2) is 15.0 Å². The maximum absolute atomic E-state index is 4.72. The Kier molecular flexibility index (Phi) is 4.78. The van der Waals surface area contributed by atoms with Gasteiger partial charge in [0.2, 0.25) is 0 Å². The lowest BCUT2D eigenvalue weighted by atomic mass is 10.2. The first-order valence-corrected chi connectivity index (χ1v) is 9.10. The van der Waals surface area contributed by atoms with E-state index < -0.39 is 0 Å². The van der Waals surface area contributed by atoms with E-state index in [0.29, 0.717) is 5.82 Å². The molecule has 0 amide bonds. The highest BCUT2D eigenvalue weighted by Crippen LogP contribution is 2.24. The molecule has 0 aromatic carbocycles. The van der Waals surface area contributed by atoms with E-state index in [1.165, 1.54) is 0 Å². The molecule has 0 saturated carbocycles. The SMILES string of the molecule is CCc1nccn1CCCNc1nc(-c2cccnc2)nc2c1cnn2C. The molecule has 4 aromatic heterocycles. The van der Waals surface area contributed by atoms with Crippen molar-refractivity contribution in [3.8, 4) is 11.4 Å². The van der Waals surface area contributed by atoms with Crippen molar-refractivity contribution in [2.75, 3.05) is 11.9 Å². The molecule has 0 radical (unpaired) electrons. The highest BCUT2D eigenvalue weighted by Gasteiger charge is 2.12. The van der Waals surface area contributed by atoms with E-state index in [-0.39, 0.29) is 0 Å². The molecule has 4 heterocycles. The van der Waals surface area contributed by atoms with Crippen molar-refractivity contribution in [1.29, 1.82) is 0 Å². The molecule has 0 atom stereocenters. The molecule has 0 unspecified atom stereocenters. The Hall–Kier alpha value is -3.29. The topological polar surface area (TPSA) is 86.3 Å². The van der Waals surface area contributed by atoms with Gasteiger partial charge in [0.25, 0.3) is 0 Å². The van der Waals surface area contributed by atoms with Crippen LogP contribution in [0, 0.1) is 0 Å². The summed E-state index contributed by atoms with van der Waals surface area (Å²) in [5.41, 5.74) is 1.68. The minimum Gasteiger partial charge on any atom is -0.369 e. The monoisotopic (exact) mass is 362 g/mol. The number of nitrogens with one attached hydrogen (secondary N) is 1. The number of pyridine rings is 1. The molecule has 27 heavy (non-hydrogen) atoms. The molecular formula is C19H22N8. The second-order valence-corrected chi connectivity index (χ2v) is 6.31. The van der Waals surface area contributed by atoms with Crippen molar-refractivity contribution in [3.05, 3.63) is 48.9 Å². The van der Waals surface area contributed by atoms with Crippen LogP contribution in [-0.2, 0) is 20.0 Å². The van der Waals surface area contributed by atoms with Gasteiger partial charge in [-0.15, -0.1) is 0 Å². The molecule has 0 aliphatic carbocycles. The van der Waals surface area contributed by atoms with Gasteiger partial charge in [-0.2, -0.15) is 5.10 Å². The maximum Gasteiger partial charge on any atom is 0.165 e. The number of aryl methyl sites for hydroxylation is 3. The molecule has 4 rings (SSSR count). The van der Waals surface area contributed by atoms with Gasteiger partial charge in [-0.3, -0.25) is 9.67 Å². The number of imidazole rings is 1. The molecule has 0 saturated heterocycles. The summed E-state index contributed by atoms with van der Waals surface area (Å²) in [5, 5.41) is 8.70. The quantitative estimate of drug-likeness (QED) is 0.509. The van der Waals surface area contributed by atoms with Crippen LogP contribution in [0.2, 0.25) is 0 Å². The van der Waals surface area contributed by atoms with Gasteiger partial charge in [0.1, 0.15) is 11.6 Å². The van der Waals surface area contributed by atoms with Crippen LogP contribution in [0.4, 0.5) is 5.82 Å². The molecule has 0 fully saturated rings. The van der Waals surface area contributed by atoms with Crippen LogP contribution >= 0.6 is 0 Å². The molecule has 0 spiro atoms. The summed E-state index contributed by atoms with van der Waals surface area (Å²) in [7, 11) is 1.89. The third-order valence-electron chi connectivity index (χ3n) is 4.50. The van der Waals surface area contributed by atoms with E-state index in [0.717, 1.165) is 54.2 Å². The van der Waals surface area contributed by atoms with Crippen molar-refractivity contribution >= 4 is 16.9 Å². The Balaban J connectivity index is 1.54. The van der Waals surface area contributed by atoms with Gasteiger partial charge in [0.15, 0.2) is 11.5 Å². The van der Waals surface area contributed by atoms with E-state index >= 15 is 0 Å². The smallest absolute Gasteiger partial charge is 0.165 e. The lowest BCUT2D eigenvalue weighted by Gasteiger charge is -2.10.